The number of aromatic nitrogens is 1. The highest BCUT2D eigenvalue weighted by atomic mass is 16.2. The first kappa shape index (κ1) is 13.4. The Morgan fingerprint density at radius 2 is 2.29 bits per heavy atom. The molecule has 1 aromatic rings. The number of amides is 1. The van der Waals surface area contributed by atoms with Crippen molar-refractivity contribution in [2.24, 2.45) is 5.73 Å². The molecule has 0 bridgehead atoms. The van der Waals surface area contributed by atoms with Crippen LogP contribution in [0.15, 0.2) is 18.2 Å². The number of carbonyl (C=O) groups excluding carboxylic acids is 1. The van der Waals surface area contributed by atoms with Gasteiger partial charge in [0.25, 0.3) is 0 Å². The van der Waals surface area contributed by atoms with Crippen LogP contribution < -0.4 is 16.0 Å². The number of nitrogens with two attached hydrogens (primary N) is 1. The second-order valence-electron chi connectivity index (χ2n) is 3.90. The van der Waals surface area contributed by atoms with E-state index in [1.54, 1.807) is 0 Å². The molecule has 5 heteroatoms. The Hall–Kier alpha value is -1.62. The lowest BCUT2D eigenvalue weighted by atomic mass is 10.3. The van der Waals surface area contributed by atoms with E-state index in [4.69, 9.17) is 5.73 Å². The van der Waals surface area contributed by atoms with Crippen molar-refractivity contribution < 1.29 is 4.79 Å². The fourth-order valence-corrected chi connectivity index (χ4v) is 1.41. The van der Waals surface area contributed by atoms with E-state index in [9.17, 15) is 4.79 Å². The third-order valence-electron chi connectivity index (χ3n) is 2.35. The maximum absolute atomic E-state index is 11.5. The summed E-state index contributed by atoms with van der Waals surface area (Å²) in [5, 5.41) is 2.83. The zero-order valence-electron chi connectivity index (χ0n) is 10.4. The van der Waals surface area contributed by atoms with Gasteiger partial charge in [-0.3, -0.25) is 4.79 Å². The second-order valence-corrected chi connectivity index (χ2v) is 3.90. The van der Waals surface area contributed by atoms with Crippen molar-refractivity contribution in [3.05, 3.63) is 23.9 Å². The van der Waals surface area contributed by atoms with Crippen molar-refractivity contribution >= 4 is 11.7 Å². The average molecular weight is 236 g/mol. The zero-order valence-corrected chi connectivity index (χ0v) is 10.4. The molecule has 1 aromatic heterocycles. The third-order valence-corrected chi connectivity index (χ3v) is 2.35. The number of anilines is 1. The predicted molar refractivity (Wildman–Crippen MR) is 68.7 cm³/mol. The van der Waals surface area contributed by atoms with Crippen LogP contribution in [0.3, 0.4) is 0 Å². The number of hydrogen-bond donors (Lipinski definition) is 2. The summed E-state index contributed by atoms with van der Waals surface area (Å²) in [5.74, 6) is 0.772. The molecule has 3 N–H and O–H groups in total. The normalized spacial score (nSPS) is 10.1. The summed E-state index contributed by atoms with van der Waals surface area (Å²) in [7, 11) is 1.84. The summed E-state index contributed by atoms with van der Waals surface area (Å²) in [6, 6.07) is 5.63. The van der Waals surface area contributed by atoms with E-state index in [1.807, 2.05) is 37.1 Å². The van der Waals surface area contributed by atoms with Gasteiger partial charge in [-0.1, -0.05) is 13.0 Å². The minimum absolute atomic E-state index is 0.00861. The molecule has 0 saturated carbocycles. The SMILES string of the molecule is CCCNC(=O)CN(C)c1cccc(CN)n1. The second kappa shape index (κ2) is 6.85. The Balaban J connectivity index is 2.56. The Labute approximate surface area is 102 Å². The van der Waals surface area contributed by atoms with Gasteiger partial charge in [0.2, 0.25) is 5.91 Å². The molecule has 0 aromatic carbocycles. The van der Waals surface area contributed by atoms with Crippen LogP contribution in [0.1, 0.15) is 19.0 Å². The van der Waals surface area contributed by atoms with Crippen molar-refractivity contribution in [2.45, 2.75) is 19.9 Å². The highest BCUT2D eigenvalue weighted by molar-refractivity contribution is 5.80. The summed E-state index contributed by atoms with van der Waals surface area (Å²) < 4.78 is 0. The monoisotopic (exact) mass is 236 g/mol. The van der Waals surface area contributed by atoms with E-state index in [1.165, 1.54) is 0 Å². The van der Waals surface area contributed by atoms with E-state index in [0.717, 1.165) is 17.9 Å². The number of rotatable bonds is 6. The van der Waals surface area contributed by atoms with Crippen LogP contribution in [-0.2, 0) is 11.3 Å². The Morgan fingerprint density at radius 1 is 1.53 bits per heavy atom. The van der Waals surface area contributed by atoms with Gasteiger partial charge in [-0.05, 0) is 18.6 Å². The fourth-order valence-electron chi connectivity index (χ4n) is 1.41. The highest BCUT2D eigenvalue weighted by Gasteiger charge is 2.07. The first-order chi connectivity index (χ1) is 8.17. The van der Waals surface area contributed by atoms with E-state index in [2.05, 4.69) is 10.3 Å². The molecule has 0 aliphatic heterocycles. The minimum atomic E-state index is 0.00861. The van der Waals surface area contributed by atoms with Gasteiger partial charge in [0, 0.05) is 20.1 Å². The molecule has 0 radical (unpaired) electrons. The van der Waals surface area contributed by atoms with Crippen LogP contribution in [-0.4, -0.2) is 31.0 Å². The molecular weight excluding hydrogens is 216 g/mol. The minimum Gasteiger partial charge on any atom is -0.355 e. The van der Waals surface area contributed by atoms with Gasteiger partial charge in [0.15, 0.2) is 0 Å². The number of nitrogens with zero attached hydrogens (tertiary/aromatic N) is 2. The molecule has 0 atom stereocenters. The van der Waals surface area contributed by atoms with Crippen molar-refractivity contribution in [1.29, 1.82) is 0 Å². The molecule has 5 nitrogen and oxygen atoms in total. The van der Waals surface area contributed by atoms with Gasteiger partial charge in [-0.2, -0.15) is 0 Å². The van der Waals surface area contributed by atoms with E-state index >= 15 is 0 Å². The molecule has 0 unspecified atom stereocenters. The lowest BCUT2D eigenvalue weighted by Crippen LogP contribution is -2.35. The van der Waals surface area contributed by atoms with Gasteiger partial charge >= 0.3 is 0 Å². The summed E-state index contributed by atoms with van der Waals surface area (Å²) in [5.41, 5.74) is 6.35. The van der Waals surface area contributed by atoms with Crippen LogP contribution in [0.2, 0.25) is 0 Å². The molecule has 1 amide bonds. The molecule has 1 rings (SSSR count). The average Bonchev–Trinajstić information content (AvgIpc) is 2.36. The van der Waals surface area contributed by atoms with Gasteiger partial charge in [-0.15, -0.1) is 0 Å². The number of carbonyl (C=O) groups is 1. The number of likely N-dealkylation sites (N-methyl/N-ethyl adjacent to an activating group) is 1. The van der Waals surface area contributed by atoms with Crippen molar-refractivity contribution in [2.75, 3.05) is 25.0 Å². The Kier molecular flexibility index (Phi) is 5.42. The number of pyridine rings is 1. The standard InChI is InChI=1S/C12H20N4O/c1-3-7-14-12(17)9-16(2)11-6-4-5-10(8-13)15-11/h4-6H,3,7-9,13H2,1-2H3,(H,14,17). The highest BCUT2D eigenvalue weighted by Crippen LogP contribution is 2.08. The van der Waals surface area contributed by atoms with Crippen LogP contribution >= 0.6 is 0 Å². The smallest absolute Gasteiger partial charge is 0.239 e. The topological polar surface area (TPSA) is 71.2 Å². The van der Waals surface area contributed by atoms with Gasteiger partial charge in [0.05, 0.1) is 12.2 Å². The van der Waals surface area contributed by atoms with Crippen LogP contribution in [0.25, 0.3) is 0 Å². The molecule has 0 spiro atoms. The van der Waals surface area contributed by atoms with E-state index in [0.29, 0.717) is 19.6 Å². The molecule has 94 valence electrons. The molecule has 0 aliphatic carbocycles. The lowest BCUT2D eigenvalue weighted by Gasteiger charge is -2.18. The third kappa shape index (κ3) is 4.40. The zero-order chi connectivity index (χ0) is 12.7. The molecule has 1 heterocycles. The van der Waals surface area contributed by atoms with Crippen LogP contribution in [0, 0.1) is 0 Å². The van der Waals surface area contributed by atoms with Crippen LogP contribution in [0.5, 0.6) is 0 Å². The molecular formula is C12H20N4O. The maximum atomic E-state index is 11.5. The van der Waals surface area contributed by atoms with Gasteiger partial charge < -0.3 is 16.0 Å². The number of hydrogen-bond acceptors (Lipinski definition) is 4. The Morgan fingerprint density at radius 3 is 2.94 bits per heavy atom. The molecule has 0 fully saturated rings. The summed E-state index contributed by atoms with van der Waals surface area (Å²) in [6.45, 7) is 3.45. The fraction of sp³-hybridized carbons (Fsp3) is 0.500. The summed E-state index contributed by atoms with van der Waals surface area (Å²) in [6.07, 6.45) is 0.941. The van der Waals surface area contributed by atoms with Gasteiger partial charge in [0.1, 0.15) is 5.82 Å². The summed E-state index contributed by atoms with van der Waals surface area (Å²) >= 11 is 0. The number of nitrogens with one attached hydrogen (secondary N) is 1. The summed E-state index contributed by atoms with van der Waals surface area (Å²) in [4.78, 5) is 17.7. The predicted octanol–water partition coefficient (Wildman–Crippen LogP) is 0.503. The van der Waals surface area contributed by atoms with Crippen molar-refractivity contribution in [3.63, 3.8) is 0 Å². The largest absolute Gasteiger partial charge is 0.355 e. The van der Waals surface area contributed by atoms with Gasteiger partial charge in [-0.25, -0.2) is 4.98 Å². The molecule has 0 saturated heterocycles. The first-order valence-corrected chi connectivity index (χ1v) is 5.81. The van der Waals surface area contributed by atoms with E-state index < -0.39 is 0 Å². The lowest BCUT2D eigenvalue weighted by molar-refractivity contribution is -0.119. The molecule has 17 heavy (non-hydrogen) atoms. The Bertz CT molecular complexity index is 367. The van der Waals surface area contributed by atoms with Crippen molar-refractivity contribution in [3.8, 4) is 0 Å². The van der Waals surface area contributed by atoms with E-state index in [-0.39, 0.29) is 5.91 Å². The maximum Gasteiger partial charge on any atom is 0.239 e. The van der Waals surface area contributed by atoms with Crippen LogP contribution in [0.4, 0.5) is 5.82 Å². The van der Waals surface area contributed by atoms with Crippen molar-refractivity contribution in [1.82, 2.24) is 10.3 Å². The molecule has 0 aliphatic rings. The first-order valence-electron chi connectivity index (χ1n) is 5.81. The quantitative estimate of drug-likeness (QED) is 0.754.